The van der Waals surface area contributed by atoms with Crippen LogP contribution in [0.3, 0.4) is 0 Å². The molecule has 7 heteroatoms. The summed E-state index contributed by atoms with van der Waals surface area (Å²) in [7, 11) is 0. The first kappa shape index (κ1) is 22.1. The number of halogens is 4. The highest BCUT2D eigenvalue weighted by Crippen LogP contribution is 2.38. The summed E-state index contributed by atoms with van der Waals surface area (Å²) in [5.41, 5.74) is 10.6. The second-order valence-corrected chi connectivity index (χ2v) is 9.35. The standard InChI is InChI=1S/C26H16Cl4N2O/c27-16-8-10-17(21(29)12-16)14-7-9-18-23(11-14)32(13-15-3-1-5-20(28)25(15)30)22-6-2-4-19(24(18)22)26(31)33/h1-12H,13H2,(H2,31,33). The maximum atomic E-state index is 12.2. The minimum absolute atomic E-state index is 0.458. The number of aromatic nitrogens is 1. The third-order valence-electron chi connectivity index (χ3n) is 5.76. The molecule has 1 amide bonds. The van der Waals surface area contributed by atoms with Crippen LogP contribution in [0.4, 0.5) is 0 Å². The van der Waals surface area contributed by atoms with E-state index in [0.29, 0.717) is 32.2 Å². The molecule has 4 aromatic carbocycles. The Bertz CT molecular complexity index is 1570. The first-order chi connectivity index (χ1) is 15.8. The molecule has 33 heavy (non-hydrogen) atoms. The van der Waals surface area contributed by atoms with E-state index in [2.05, 4.69) is 4.57 Å². The molecular weight excluding hydrogens is 498 g/mol. The molecule has 0 aliphatic rings. The Morgan fingerprint density at radius 1 is 0.818 bits per heavy atom. The number of rotatable bonds is 4. The number of amides is 1. The molecule has 0 saturated carbocycles. The Hall–Kier alpha value is -2.69. The van der Waals surface area contributed by atoms with E-state index in [9.17, 15) is 4.79 Å². The van der Waals surface area contributed by atoms with Gasteiger partial charge in [0.2, 0.25) is 5.91 Å². The van der Waals surface area contributed by atoms with Gasteiger partial charge in [-0.05, 0) is 47.5 Å². The molecule has 0 aliphatic heterocycles. The Kier molecular flexibility index (Phi) is 5.75. The lowest BCUT2D eigenvalue weighted by molar-refractivity contribution is 0.100. The van der Waals surface area contributed by atoms with E-state index in [1.54, 1.807) is 24.3 Å². The molecule has 0 unspecified atom stereocenters. The van der Waals surface area contributed by atoms with Gasteiger partial charge in [0.1, 0.15) is 0 Å². The first-order valence-electron chi connectivity index (χ1n) is 10.1. The van der Waals surface area contributed by atoms with Gasteiger partial charge in [-0.3, -0.25) is 4.79 Å². The average Bonchev–Trinajstić information content (AvgIpc) is 3.10. The average molecular weight is 514 g/mol. The summed E-state index contributed by atoms with van der Waals surface area (Å²) in [6, 6.07) is 22.5. The quantitative estimate of drug-likeness (QED) is 0.258. The number of nitrogens with two attached hydrogens (primary N) is 1. The summed E-state index contributed by atoms with van der Waals surface area (Å²) in [6.45, 7) is 0.458. The molecule has 1 aromatic heterocycles. The lowest BCUT2D eigenvalue weighted by atomic mass is 10.0. The summed E-state index contributed by atoms with van der Waals surface area (Å²) >= 11 is 25.3. The number of hydrogen-bond donors (Lipinski definition) is 1. The van der Waals surface area contributed by atoms with Crippen LogP contribution in [-0.2, 0) is 6.54 Å². The molecule has 164 valence electrons. The highest BCUT2D eigenvalue weighted by atomic mass is 35.5. The highest BCUT2D eigenvalue weighted by molar-refractivity contribution is 6.42. The van der Waals surface area contributed by atoms with E-state index < -0.39 is 5.91 Å². The van der Waals surface area contributed by atoms with E-state index in [0.717, 1.165) is 38.5 Å². The zero-order valence-corrected chi connectivity index (χ0v) is 20.1. The predicted octanol–water partition coefficient (Wildman–Crippen LogP) is 8.22. The van der Waals surface area contributed by atoms with Crippen LogP contribution in [0.15, 0.2) is 72.8 Å². The summed E-state index contributed by atoms with van der Waals surface area (Å²) in [4.78, 5) is 12.2. The monoisotopic (exact) mass is 512 g/mol. The molecular formula is C26H16Cl4N2O. The van der Waals surface area contributed by atoms with Gasteiger partial charge in [-0.25, -0.2) is 0 Å². The van der Waals surface area contributed by atoms with Gasteiger partial charge < -0.3 is 10.3 Å². The third kappa shape index (κ3) is 3.85. The molecule has 3 nitrogen and oxygen atoms in total. The fourth-order valence-electron chi connectivity index (χ4n) is 4.25. The molecule has 5 rings (SSSR count). The van der Waals surface area contributed by atoms with Gasteiger partial charge in [-0.1, -0.05) is 82.8 Å². The van der Waals surface area contributed by atoms with Gasteiger partial charge in [-0.15, -0.1) is 0 Å². The van der Waals surface area contributed by atoms with Crippen LogP contribution in [0.5, 0.6) is 0 Å². The van der Waals surface area contributed by atoms with Crippen molar-refractivity contribution in [2.75, 3.05) is 0 Å². The zero-order chi connectivity index (χ0) is 23.3. The lowest BCUT2D eigenvalue weighted by Gasteiger charge is -2.12. The largest absolute Gasteiger partial charge is 0.366 e. The predicted molar refractivity (Wildman–Crippen MR) is 139 cm³/mol. The smallest absolute Gasteiger partial charge is 0.249 e. The summed E-state index contributed by atoms with van der Waals surface area (Å²) < 4.78 is 2.11. The number of benzene rings is 4. The Balaban J connectivity index is 1.82. The van der Waals surface area contributed by atoms with E-state index in [1.165, 1.54) is 0 Å². The Morgan fingerprint density at radius 3 is 2.36 bits per heavy atom. The number of hydrogen-bond acceptors (Lipinski definition) is 1. The van der Waals surface area contributed by atoms with Gasteiger partial charge in [0.05, 0.1) is 21.1 Å². The van der Waals surface area contributed by atoms with Crippen molar-refractivity contribution in [3.63, 3.8) is 0 Å². The second kappa shape index (κ2) is 8.58. The summed E-state index contributed by atoms with van der Waals surface area (Å²) in [6.07, 6.45) is 0. The molecule has 0 saturated heterocycles. The van der Waals surface area contributed by atoms with Crippen molar-refractivity contribution < 1.29 is 4.79 Å². The van der Waals surface area contributed by atoms with Crippen molar-refractivity contribution in [1.82, 2.24) is 4.57 Å². The van der Waals surface area contributed by atoms with Crippen LogP contribution in [0, 0.1) is 0 Å². The van der Waals surface area contributed by atoms with Crippen molar-refractivity contribution in [3.8, 4) is 11.1 Å². The van der Waals surface area contributed by atoms with Crippen LogP contribution in [0.1, 0.15) is 15.9 Å². The number of nitrogens with zero attached hydrogens (tertiary/aromatic N) is 1. The maximum Gasteiger partial charge on any atom is 0.249 e. The van der Waals surface area contributed by atoms with E-state index >= 15 is 0 Å². The first-order valence-corrected chi connectivity index (χ1v) is 11.6. The van der Waals surface area contributed by atoms with Crippen molar-refractivity contribution in [2.24, 2.45) is 5.73 Å². The zero-order valence-electron chi connectivity index (χ0n) is 17.1. The molecule has 0 bridgehead atoms. The maximum absolute atomic E-state index is 12.2. The number of carbonyl (C=O) groups is 1. The SMILES string of the molecule is NC(=O)c1cccc2c1c1ccc(-c3ccc(Cl)cc3Cl)cc1n2Cc1cccc(Cl)c1Cl. The molecule has 0 aliphatic carbocycles. The fourth-order valence-corrected chi connectivity index (χ4v) is 5.15. The Morgan fingerprint density at radius 2 is 1.61 bits per heavy atom. The number of primary amides is 1. The lowest BCUT2D eigenvalue weighted by Crippen LogP contribution is -2.11. The van der Waals surface area contributed by atoms with Gasteiger partial charge in [0.25, 0.3) is 0 Å². The van der Waals surface area contributed by atoms with Crippen LogP contribution >= 0.6 is 46.4 Å². The molecule has 0 fully saturated rings. The van der Waals surface area contributed by atoms with Crippen molar-refractivity contribution in [3.05, 3.63) is 104 Å². The van der Waals surface area contributed by atoms with Crippen LogP contribution < -0.4 is 5.73 Å². The fraction of sp³-hybridized carbons (Fsp3) is 0.0385. The van der Waals surface area contributed by atoms with E-state index in [4.69, 9.17) is 52.1 Å². The van der Waals surface area contributed by atoms with Crippen LogP contribution in [0.25, 0.3) is 32.9 Å². The Labute approximate surface area is 210 Å². The van der Waals surface area contributed by atoms with Crippen molar-refractivity contribution in [2.45, 2.75) is 6.54 Å². The summed E-state index contributed by atoms with van der Waals surface area (Å²) in [5.74, 6) is -0.481. The number of carbonyl (C=O) groups excluding carboxylic acids is 1. The topological polar surface area (TPSA) is 48.0 Å². The summed E-state index contributed by atoms with van der Waals surface area (Å²) in [5, 5.41) is 3.82. The third-order valence-corrected chi connectivity index (χ3v) is 7.16. The van der Waals surface area contributed by atoms with Crippen LogP contribution in [-0.4, -0.2) is 10.5 Å². The van der Waals surface area contributed by atoms with Gasteiger partial charge in [0.15, 0.2) is 0 Å². The minimum Gasteiger partial charge on any atom is -0.366 e. The van der Waals surface area contributed by atoms with Crippen molar-refractivity contribution >= 4 is 74.1 Å². The van der Waals surface area contributed by atoms with Crippen molar-refractivity contribution in [1.29, 1.82) is 0 Å². The van der Waals surface area contributed by atoms with Gasteiger partial charge in [-0.2, -0.15) is 0 Å². The molecule has 0 atom stereocenters. The normalized spacial score (nSPS) is 11.4. The molecule has 1 heterocycles. The number of fused-ring (bicyclic) bond motifs is 3. The minimum atomic E-state index is -0.481. The van der Waals surface area contributed by atoms with Gasteiger partial charge in [0, 0.05) is 38.5 Å². The van der Waals surface area contributed by atoms with Gasteiger partial charge >= 0.3 is 0 Å². The van der Waals surface area contributed by atoms with E-state index in [-0.39, 0.29) is 0 Å². The van der Waals surface area contributed by atoms with Crippen LogP contribution in [0.2, 0.25) is 20.1 Å². The van der Waals surface area contributed by atoms with E-state index in [1.807, 2.05) is 48.5 Å². The molecule has 5 aromatic rings. The molecule has 2 N–H and O–H groups in total. The molecule has 0 radical (unpaired) electrons. The molecule has 0 spiro atoms. The second-order valence-electron chi connectivity index (χ2n) is 7.72. The highest BCUT2D eigenvalue weighted by Gasteiger charge is 2.18.